The third-order valence-corrected chi connectivity index (χ3v) is 9.16. The smallest absolute Gasteiger partial charge is 0.271 e. The van der Waals surface area contributed by atoms with E-state index in [4.69, 9.17) is 15.6 Å². The predicted octanol–water partition coefficient (Wildman–Crippen LogP) is 4.80. The van der Waals surface area contributed by atoms with E-state index in [1.54, 1.807) is 6.20 Å². The number of carbonyl (C=O) groups is 1. The van der Waals surface area contributed by atoms with Gasteiger partial charge in [0.15, 0.2) is 11.5 Å². The molecule has 3 heterocycles. The fraction of sp³-hybridized carbons (Fsp3) is 0.500. The standard InChI is InChI=1S/C32H42N8O2/c1-34-42-28-11-9-24(10-12-28)36-26-19-27(20-26)39-17-13-23(14-18-39)22-5-7-25(8-6-22)37-32-30(31(33)41)35-21-29(38-32)40-15-3-2-4-16-40/h5-9,11,21,23,26-27,36H,1-4,10,12-20H2,(H2,33,41)(H,37,38). The van der Waals surface area contributed by atoms with Crippen molar-refractivity contribution in [2.75, 3.05) is 36.4 Å². The number of hydrogen-bond donors (Lipinski definition) is 3. The van der Waals surface area contributed by atoms with Gasteiger partial charge in [-0.3, -0.25) is 4.79 Å². The van der Waals surface area contributed by atoms with Crippen LogP contribution in [0.1, 0.15) is 79.8 Å². The number of anilines is 3. The molecule has 0 radical (unpaired) electrons. The van der Waals surface area contributed by atoms with Gasteiger partial charge in [0.05, 0.1) is 6.20 Å². The van der Waals surface area contributed by atoms with Gasteiger partial charge in [-0.05, 0) is 100 Å². The lowest BCUT2D eigenvalue weighted by atomic mass is 9.82. The summed E-state index contributed by atoms with van der Waals surface area (Å²) in [5, 5.41) is 10.5. The van der Waals surface area contributed by atoms with E-state index in [0.717, 1.165) is 69.1 Å². The molecule has 10 nitrogen and oxygen atoms in total. The lowest BCUT2D eigenvalue weighted by molar-refractivity contribution is 0.0755. The Labute approximate surface area is 248 Å². The lowest BCUT2D eigenvalue weighted by Crippen LogP contribution is -2.54. The fourth-order valence-electron chi connectivity index (χ4n) is 6.66. The average molecular weight is 571 g/mol. The van der Waals surface area contributed by atoms with Gasteiger partial charge in [-0.1, -0.05) is 17.3 Å². The second-order valence-corrected chi connectivity index (χ2v) is 11.9. The molecule has 2 aromatic rings. The molecule has 3 fully saturated rings. The summed E-state index contributed by atoms with van der Waals surface area (Å²) in [4.78, 5) is 31.2. The van der Waals surface area contributed by atoms with Gasteiger partial charge in [-0.2, -0.15) is 0 Å². The van der Waals surface area contributed by atoms with E-state index >= 15 is 0 Å². The molecular formula is C32H42N8O2. The molecule has 2 aliphatic carbocycles. The molecule has 42 heavy (non-hydrogen) atoms. The largest absolute Gasteiger partial charge is 0.385 e. The minimum atomic E-state index is -0.582. The van der Waals surface area contributed by atoms with Crippen LogP contribution < -0.4 is 21.3 Å². The van der Waals surface area contributed by atoms with Crippen LogP contribution in [0.4, 0.5) is 17.3 Å². The Hall–Kier alpha value is -3.92. The van der Waals surface area contributed by atoms with Gasteiger partial charge in [0.1, 0.15) is 11.6 Å². The third kappa shape index (κ3) is 6.59. The Kier molecular flexibility index (Phi) is 8.69. The summed E-state index contributed by atoms with van der Waals surface area (Å²) in [5.74, 6) is 2.06. The molecule has 1 aromatic carbocycles. The number of nitrogens with one attached hydrogen (secondary N) is 2. The molecule has 1 amide bonds. The van der Waals surface area contributed by atoms with Crippen LogP contribution in [0.5, 0.6) is 0 Å². The predicted molar refractivity (Wildman–Crippen MR) is 166 cm³/mol. The second kappa shape index (κ2) is 12.9. The maximum atomic E-state index is 12.0. The molecule has 6 rings (SSSR count). The molecule has 4 aliphatic rings. The Morgan fingerprint density at radius 3 is 2.45 bits per heavy atom. The van der Waals surface area contributed by atoms with E-state index in [0.29, 0.717) is 23.8 Å². The van der Waals surface area contributed by atoms with Crippen LogP contribution in [0.3, 0.4) is 0 Å². The molecule has 10 heteroatoms. The molecule has 1 saturated carbocycles. The monoisotopic (exact) mass is 570 g/mol. The van der Waals surface area contributed by atoms with Crippen LogP contribution in [0.2, 0.25) is 0 Å². The number of aromatic nitrogens is 2. The number of hydrogen-bond acceptors (Lipinski definition) is 9. The van der Waals surface area contributed by atoms with Crippen molar-refractivity contribution >= 4 is 29.9 Å². The highest BCUT2D eigenvalue weighted by Crippen LogP contribution is 2.35. The van der Waals surface area contributed by atoms with E-state index in [1.165, 1.54) is 43.4 Å². The van der Waals surface area contributed by atoms with E-state index in [1.807, 2.05) is 6.08 Å². The van der Waals surface area contributed by atoms with Gasteiger partial charge < -0.3 is 31.0 Å². The number of amides is 1. The summed E-state index contributed by atoms with van der Waals surface area (Å²) in [7, 11) is 0. The molecule has 0 atom stereocenters. The number of nitrogens with zero attached hydrogens (tertiary/aromatic N) is 5. The van der Waals surface area contributed by atoms with Crippen molar-refractivity contribution in [2.24, 2.45) is 10.9 Å². The van der Waals surface area contributed by atoms with Crippen LogP contribution in [0, 0.1) is 0 Å². The van der Waals surface area contributed by atoms with E-state index in [9.17, 15) is 4.79 Å². The lowest BCUT2D eigenvalue weighted by Gasteiger charge is -2.46. The quantitative estimate of drug-likeness (QED) is 0.275. The highest BCUT2D eigenvalue weighted by molar-refractivity contribution is 5.96. The first kappa shape index (κ1) is 28.2. The molecule has 0 spiro atoms. The Morgan fingerprint density at radius 1 is 1.02 bits per heavy atom. The summed E-state index contributed by atoms with van der Waals surface area (Å²) in [5.41, 5.74) is 9.31. The molecule has 1 aromatic heterocycles. The molecule has 4 N–H and O–H groups in total. The van der Waals surface area contributed by atoms with Crippen LogP contribution >= 0.6 is 0 Å². The minimum absolute atomic E-state index is 0.165. The van der Waals surface area contributed by atoms with Crippen LogP contribution in [0.25, 0.3) is 0 Å². The summed E-state index contributed by atoms with van der Waals surface area (Å²) < 4.78 is 0. The van der Waals surface area contributed by atoms with Crippen molar-refractivity contribution in [3.63, 3.8) is 0 Å². The number of oxime groups is 1. The average Bonchev–Trinajstić information content (AvgIpc) is 3.00. The summed E-state index contributed by atoms with van der Waals surface area (Å²) in [6.45, 7) is 7.58. The van der Waals surface area contributed by atoms with E-state index in [-0.39, 0.29) is 5.69 Å². The maximum Gasteiger partial charge on any atom is 0.271 e. The Morgan fingerprint density at radius 2 is 1.79 bits per heavy atom. The number of primary amides is 1. The highest BCUT2D eigenvalue weighted by atomic mass is 16.6. The molecular weight excluding hydrogens is 528 g/mol. The van der Waals surface area contributed by atoms with Crippen molar-refractivity contribution in [3.05, 3.63) is 65.3 Å². The van der Waals surface area contributed by atoms with Crippen LogP contribution in [-0.4, -0.2) is 65.8 Å². The van der Waals surface area contributed by atoms with Gasteiger partial charge in [0.25, 0.3) is 5.91 Å². The van der Waals surface area contributed by atoms with Crippen molar-refractivity contribution < 1.29 is 9.63 Å². The highest BCUT2D eigenvalue weighted by Gasteiger charge is 2.36. The normalized spacial score (nSPS) is 23.3. The number of allylic oxidation sites excluding steroid dienone is 4. The molecule has 2 saturated heterocycles. The summed E-state index contributed by atoms with van der Waals surface area (Å²) in [6, 6.07) is 9.79. The Balaban J connectivity index is 0.990. The number of rotatable bonds is 10. The number of carbonyl (C=O) groups excluding carboxylic acids is 1. The van der Waals surface area contributed by atoms with Gasteiger partial charge >= 0.3 is 0 Å². The number of benzene rings is 1. The fourth-order valence-corrected chi connectivity index (χ4v) is 6.66. The van der Waals surface area contributed by atoms with Gasteiger partial charge in [0.2, 0.25) is 0 Å². The molecule has 222 valence electrons. The van der Waals surface area contributed by atoms with Crippen molar-refractivity contribution in [1.82, 2.24) is 20.2 Å². The van der Waals surface area contributed by atoms with E-state index < -0.39 is 5.91 Å². The first-order chi connectivity index (χ1) is 20.6. The summed E-state index contributed by atoms with van der Waals surface area (Å²) in [6.07, 6.45) is 15.9. The SMILES string of the molecule is C=NOC1=CC=C(NC2CC(N3CCC(c4ccc(Nc5nc(N6CCCCC6)cnc5C(N)=O)cc4)CC3)C2)CC1. The van der Waals surface area contributed by atoms with Crippen LogP contribution in [0.15, 0.2) is 59.2 Å². The molecule has 0 unspecified atom stereocenters. The molecule has 0 bridgehead atoms. The molecule has 2 aliphatic heterocycles. The zero-order chi connectivity index (χ0) is 28.9. The van der Waals surface area contributed by atoms with E-state index in [2.05, 4.69) is 67.6 Å². The zero-order valence-corrected chi connectivity index (χ0v) is 24.3. The van der Waals surface area contributed by atoms with Gasteiger partial charge in [0, 0.05) is 49.7 Å². The van der Waals surface area contributed by atoms with Gasteiger partial charge in [-0.15, -0.1) is 0 Å². The number of piperidine rings is 2. The number of likely N-dealkylation sites (tertiary alicyclic amines) is 1. The first-order valence-corrected chi connectivity index (χ1v) is 15.4. The van der Waals surface area contributed by atoms with Crippen molar-refractivity contribution in [1.29, 1.82) is 0 Å². The van der Waals surface area contributed by atoms with Crippen molar-refractivity contribution in [2.45, 2.75) is 75.8 Å². The minimum Gasteiger partial charge on any atom is -0.385 e. The third-order valence-electron chi connectivity index (χ3n) is 9.16. The van der Waals surface area contributed by atoms with Gasteiger partial charge in [-0.25, -0.2) is 9.97 Å². The topological polar surface area (TPSA) is 121 Å². The zero-order valence-electron chi connectivity index (χ0n) is 24.3. The number of nitrogens with two attached hydrogens (primary N) is 1. The van der Waals surface area contributed by atoms with Crippen molar-refractivity contribution in [3.8, 4) is 0 Å². The first-order valence-electron chi connectivity index (χ1n) is 15.4. The van der Waals surface area contributed by atoms with Crippen LogP contribution in [-0.2, 0) is 4.84 Å². The Bertz CT molecular complexity index is 1320. The maximum absolute atomic E-state index is 12.0. The second-order valence-electron chi connectivity index (χ2n) is 11.9. The summed E-state index contributed by atoms with van der Waals surface area (Å²) >= 11 is 0.